The van der Waals surface area contributed by atoms with Crippen LogP contribution in [0.1, 0.15) is 12.8 Å². The van der Waals surface area contributed by atoms with Crippen molar-refractivity contribution in [2.45, 2.75) is 18.4 Å². The van der Waals surface area contributed by atoms with E-state index in [0.29, 0.717) is 6.54 Å². The number of ketones is 1. The van der Waals surface area contributed by atoms with E-state index in [9.17, 15) is 9.36 Å². The average Bonchev–Trinajstić information content (AvgIpc) is 2.77. The summed E-state index contributed by atoms with van der Waals surface area (Å²) in [5.74, 6) is -0.0489. The fraction of sp³-hybridized carbons (Fsp3) is 0.545. The van der Waals surface area contributed by atoms with Crippen LogP contribution in [0.4, 0.5) is 0 Å². The number of carbonyl (C=O) groups is 1. The zero-order valence-corrected chi connectivity index (χ0v) is 10.9. The quantitative estimate of drug-likeness (QED) is 0.723. The van der Waals surface area contributed by atoms with Crippen molar-refractivity contribution in [2.75, 3.05) is 20.8 Å². The molecule has 6 heteroatoms. The summed E-state index contributed by atoms with van der Waals surface area (Å²) in [4.78, 5) is 11.2. The lowest BCUT2D eigenvalue weighted by atomic mass is 9.92. The Morgan fingerprint density at radius 3 is 2.41 bits per heavy atom. The largest absolute Gasteiger partial charge is 0.408 e. The van der Waals surface area contributed by atoms with E-state index in [2.05, 4.69) is 0 Å². The van der Waals surface area contributed by atoms with Gasteiger partial charge in [-0.1, -0.05) is 12.2 Å². The normalized spacial score (nSPS) is 23.8. The molecule has 1 heterocycles. The van der Waals surface area contributed by atoms with Gasteiger partial charge in [-0.3, -0.25) is 13.8 Å². The maximum atomic E-state index is 12.4. The van der Waals surface area contributed by atoms with Crippen LogP contribution in [0, 0.1) is 0 Å². The molecule has 17 heavy (non-hydrogen) atoms. The molecule has 5 nitrogen and oxygen atoms in total. The zero-order valence-electron chi connectivity index (χ0n) is 9.96. The molecule has 94 valence electrons. The molecule has 0 N–H and O–H groups in total. The molecule has 0 radical (unpaired) electrons. The Kier molecular flexibility index (Phi) is 3.36. The molecule has 0 aromatic rings. The van der Waals surface area contributed by atoms with E-state index in [-0.39, 0.29) is 5.78 Å². The summed E-state index contributed by atoms with van der Waals surface area (Å²) in [7, 11) is -0.517. The summed E-state index contributed by atoms with van der Waals surface area (Å²) in [6.07, 6.45) is 8.28. The van der Waals surface area contributed by atoms with E-state index in [1.807, 2.05) is 0 Å². The molecular formula is C11H16NO4P. The molecule has 2 aliphatic rings. The number of rotatable bonds is 3. The highest BCUT2D eigenvalue weighted by Crippen LogP contribution is 2.58. The molecule has 1 saturated heterocycles. The van der Waals surface area contributed by atoms with Gasteiger partial charge in [0.1, 0.15) is 0 Å². The number of hydrogen-bond donors (Lipinski definition) is 0. The lowest BCUT2D eigenvalue weighted by Gasteiger charge is -2.37. The van der Waals surface area contributed by atoms with Crippen LogP contribution < -0.4 is 0 Å². The number of allylic oxidation sites excluding steroid dienone is 2. The van der Waals surface area contributed by atoms with Crippen LogP contribution in [0.25, 0.3) is 0 Å². The van der Waals surface area contributed by atoms with Crippen LogP contribution in [-0.2, 0) is 18.4 Å². The van der Waals surface area contributed by atoms with Crippen molar-refractivity contribution < 1.29 is 18.4 Å². The maximum Gasteiger partial charge on any atom is 0.408 e. The van der Waals surface area contributed by atoms with E-state index in [0.717, 1.165) is 12.8 Å². The molecule has 0 aromatic carbocycles. The van der Waals surface area contributed by atoms with Crippen LogP contribution in [0.15, 0.2) is 24.3 Å². The molecular weight excluding hydrogens is 241 g/mol. The summed E-state index contributed by atoms with van der Waals surface area (Å²) in [6, 6.07) is 0. The first-order valence-electron chi connectivity index (χ1n) is 5.48. The van der Waals surface area contributed by atoms with Crippen molar-refractivity contribution in [3.05, 3.63) is 24.3 Å². The van der Waals surface area contributed by atoms with Crippen molar-refractivity contribution in [2.24, 2.45) is 0 Å². The van der Waals surface area contributed by atoms with Gasteiger partial charge in [0.05, 0.1) is 5.54 Å². The first kappa shape index (κ1) is 12.7. The van der Waals surface area contributed by atoms with Gasteiger partial charge in [0, 0.05) is 20.8 Å². The Hall–Kier alpha value is -0.740. The number of carbonyl (C=O) groups excluding carboxylic acids is 1. The number of hydrogen-bond acceptors (Lipinski definition) is 4. The van der Waals surface area contributed by atoms with Gasteiger partial charge in [0.2, 0.25) is 0 Å². The smallest absolute Gasteiger partial charge is 0.300 e. The highest BCUT2D eigenvalue weighted by atomic mass is 31.2. The van der Waals surface area contributed by atoms with E-state index in [1.165, 1.54) is 26.4 Å². The third-order valence-electron chi connectivity index (χ3n) is 3.26. The Bertz CT molecular complexity index is 405. The fourth-order valence-corrected chi connectivity index (χ4v) is 3.99. The van der Waals surface area contributed by atoms with Crippen LogP contribution in [0.3, 0.4) is 0 Å². The topological polar surface area (TPSA) is 55.8 Å². The molecule has 0 aromatic heterocycles. The first-order valence-corrected chi connectivity index (χ1v) is 6.98. The maximum absolute atomic E-state index is 12.4. The molecule has 1 fully saturated rings. The van der Waals surface area contributed by atoms with E-state index < -0.39 is 13.3 Å². The van der Waals surface area contributed by atoms with Crippen LogP contribution in [-0.4, -0.2) is 36.8 Å². The van der Waals surface area contributed by atoms with Crippen molar-refractivity contribution in [3.8, 4) is 0 Å². The van der Waals surface area contributed by atoms with Crippen molar-refractivity contribution in [1.29, 1.82) is 0 Å². The van der Waals surface area contributed by atoms with Crippen molar-refractivity contribution in [3.63, 3.8) is 0 Å². The van der Waals surface area contributed by atoms with E-state index in [4.69, 9.17) is 9.05 Å². The highest BCUT2D eigenvalue weighted by molar-refractivity contribution is 7.51. The van der Waals surface area contributed by atoms with Gasteiger partial charge >= 0.3 is 7.75 Å². The Labute approximate surface area is 101 Å². The minimum absolute atomic E-state index is 0.0489. The van der Waals surface area contributed by atoms with Gasteiger partial charge in [-0.15, -0.1) is 0 Å². The third kappa shape index (κ3) is 2.04. The predicted molar refractivity (Wildman–Crippen MR) is 63.6 cm³/mol. The average molecular weight is 257 g/mol. The fourth-order valence-electron chi connectivity index (χ4n) is 2.37. The Morgan fingerprint density at radius 1 is 1.29 bits per heavy atom. The van der Waals surface area contributed by atoms with Gasteiger partial charge < -0.3 is 0 Å². The second-order valence-corrected chi connectivity index (χ2v) is 6.27. The third-order valence-corrected chi connectivity index (χ3v) is 5.34. The van der Waals surface area contributed by atoms with Gasteiger partial charge in [0.15, 0.2) is 5.78 Å². The molecule has 0 amide bonds. The molecule has 1 aliphatic heterocycles. The molecule has 0 atom stereocenters. The van der Waals surface area contributed by atoms with Gasteiger partial charge in [-0.2, -0.15) is 4.67 Å². The minimum Gasteiger partial charge on any atom is -0.300 e. The first-order chi connectivity index (χ1) is 8.06. The highest BCUT2D eigenvalue weighted by Gasteiger charge is 2.48. The molecule has 1 aliphatic carbocycles. The molecule has 0 saturated carbocycles. The lowest BCUT2D eigenvalue weighted by molar-refractivity contribution is -0.110. The molecule has 2 rings (SSSR count). The van der Waals surface area contributed by atoms with Crippen molar-refractivity contribution in [1.82, 2.24) is 4.67 Å². The monoisotopic (exact) mass is 257 g/mol. The van der Waals surface area contributed by atoms with Crippen LogP contribution >= 0.6 is 7.75 Å². The summed E-state index contributed by atoms with van der Waals surface area (Å²) in [6.45, 7) is 0.627. The Morgan fingerprint density at radius 2 is 1.88 bits per heavy atom. The SMILES string of the molecule is COP(=O)(OC)N1CCCC12C=CC(=O)C=C2. The second-order valence-electron chi connectivity index (χ2n) is 4.12. The van der Waals surface area contributed by atoms with E-state index >= 15 is 0 Å². The molecule has 0 bridgehead atoms. The Balaban J connectivity index is 2.36. The molecule has 1 spiro atoms. The summed E-state index contributed by atoms with van der Waals surface area (Å²) >= 11 is 0. The number of nitrogens with zero attached hydrogens (tertiary/aromatic N) is 1. The predicted octanol–water partition coefficient (Wildman–Crippen LogP) is 1.92. The van der Waals surface area contributed by atoms with Gasteiger partial charge in [-0.05, 0) is 25.0 Å². The summed E-state index contributed by atoms with van der Waals surface area (Å²) < 4.78 is 24.2. The van der Waals surface area contributed by atoms with Gasteiger partial charge in [0.25, 0.3) is 0 Å². The van der Waals surface area contributed by atoms with Gasteiger partial charge in [-0.25, -0.2) is 4.57 Å². The second kappa shape index (κ2) is 4.50. The lowest BCUT2D eigenvalue weighted by Crippen LogP contribution is -2.40. The van der Waals surface area contributed by atoms with Crippen LogP contribution in [0.2, 0.25) is 0 Å². The van der Waals surface area contributed by atoms with E-state index in [1.54, 1.807) is 16.8 Å². The zero-order chi connectivity index (χ0) is 12.5. The minimum atomic E-state index is -3.26. The standard InChI is InChI=1S/C11H16NO4P/c1-15-17(14,16-2)12-9-3-6-11(12)7-4-10(13)5-8-11/h4-5,7-8H,3,6,9H2,1-2H3. The molecule has 0 unspecified atom stereocenters. The van der Waals surface area contributed by atoms with Crippen LogP contribution in [0.5, 0.6) is 0 Å². The summed E-state index contributed by atoms with van der Waals surface area (Å²) in [5, 5.41) is 0. The van der Waals surface area contributed by atoms with Crippen molar-refractivity contribution >= 4 is 13.5 Å². The summed E-state index contributed by atoms with van der Waals surface area (Å²) in [5.41, 5.74) is -0.505.